The van der Waals surface area contributed by atoms with Crippen molar-refractivity contribution in [2.75, 3.05) is 52.6 Å². The molecule has 54 heavy (non-hydrogen) atoms. The summed E-state index contributed by atoms with van der Waals surface area (Å²) in [6.45, 7) is 4.93. The van der Waals surface area contributed by atoms with Crippen molar-refractivity contribution in [2.45, 2.75) is 84.7 Å². The molecule has 0 aromatic heterocycles. The lowest BCUT2D eigenvalue weighted by Crippen LogP contribution is -2.47. The molecule has 2 aliphatic heterocycles. The molecule has 294 valence electrons. The molecule has 0 bridgehead atoms. The summed E-state index contributed by atoms with van der Waals surface area (Å²) in [7, 11) is -7.59. The van der Waals surface area contributed by atoms with Crippen molar-refractivity contribution in [2.24, 2.45) is 0 Å². The first-order valence-corrected chi connectivity index (χ1v) is 21.5. The van der Waals surface area contributed by atoms with Gasteiger partial charge in [-0.3, -0.25) is 4.79 Å². The average molecular weight is 786 g/mol. The van der Waals surface area contributed by atoms with Gasteiger partial charge in [0.1, 0.15) is 29.1 Å². The van der Waals surface area contributed by atoms with Crippen molar-refractivity contribution in [3.8, 4) is 22.6 Å². The summed E-state index contributed by atoms with van der Waals surface area (Å²) < 4.78 is 72.3. The second-order valence-corrected chi connectivity index (χ2v) is 18.8. The first-order valence-electron chi connectivity index (χ1n) is 18.5. The number of sulfonamides is 1. The van der Waals surface area contributed by atoms with Crippen molar-refractivity contribution < 1.29 is 46.1 Å². The Morgan fingerprint density at radius 1 is 0.981 bits per heavy atom. The molecule has 6 rings (SSSR count). The molecule has 1 amide bonds. The highest BCUT2D eigenvalue weighted by atomic mass is 32.2. The van der Waals surface area contributed by atoms with Gasteiger partial charge in [0.15, 0.2) is 9.84 Å². The van der Waals surface area contributed by atoms with E-state index in [1.807, 2.05) is 37.3 Å². The third-order valence-electron chi connectivity index (χ3n) is 10.6. The van der Waals surface area contributed by atoms with Crippen molar-refractivity contribution in [3.05, 3.63) is 72.3 Å². The highest BCUT2D eigenvalue weighted by molar-refractivity contribution is 7.93. The fraction of sp³-hybridized carbons (Fsp3) is 0.513. The summed E-state index contributed by atoms with van der Waals surface area (Å²) in [6, 6.07) is 19.2. The number of benzene rings is 3. The molecule has 1 spiro atoms. The molecule has 3 aromatic rings. The van der Waals surface area contributed by atoms with Crippen LogP contribution in [0.1, 0.15) is 51.5 Å². The van der Waals surface area contributed by atoms with Crippen LogP contribution < -0.4 is 20.1 Å². The lowest BCUT2D eigenvalue weighted by molar-refractivity contribution is -0.118. The maximum Gasteiger partial charge on any atom is 0.246 e. The third kappa shape index (κ3) is 8.93. The van der Waals surface area contributed by atoms with Gasteiger partial charge in [-0.15, -0.1) is 0 Å². The monoisotopic (exact) mass is 785 g/mol. The summed E-state index contributed by atoms with van der Waals surface area (Å²) in [5.41, 5.74) is 2.21. The number of carbonyl (C=O) groups is 1. The molecule has 0 radical (unpaired) electrons. The highest BCUT2D eigenvalue weighted by Crippen LogP contribution is 2.46. The number of sulfone groups is 1. The van der Waals surface area contributed by atoms with Crippen molar-refractivity contribution in [1.82, 2.24) is 14.9 Å². The van der Waals surface area contributed by atoms with E-state index in [2.05, 4.69) is 10.6 Å². The Hall–Kier alpha value is -3.57. The van der Waals surface area contributed by atoms with Gasteiger partial charge in [-0.05, 0) is 92.5 Å². The van der Waals surface area contributed by atoms with Crippen LogP contribution in [0.25, 0.3) is 11.1 Å². The maximum atomic E-state index is 14.1. The summed E-state index contributed by atoms with van der Waals surface area (Å²) >= 11 is 0. The molecule has 3 aromatic carbocycles. The van der Waals surface area contributed by atoms with E-state index in [0.29, 0.717) is 82.9 Å². The number of piperidine rings is 1. The summed E-state index contributed by atoms with van der Waals surface area (Å²) in [6.07, 6.45) is 2.39. The number of nitrogens with one attached hydrogen (secondary N) is 2. The van der Waals surface area contributed by atoms with E-state index in [9.17, 15) is 31.8 Å². The van der Waals surface area contributed by atoms with Crippen LogP contribution in [0.2, 0.25) is 0 Å². The van der Waals surface area contributed by atoms with E-state index in [0.717, 1.165) is 16.7 Å². The second kappa shape index (κ2) is 16.7. The summed E-state index contributed by atoms with van der Waals surface area (Å²) in [5, 5.41) is 26.4. The molecule has 13 nitrogen and oxygen atoms in total. The number of ether oxygens (including phenoxy) is 3. The van der Waals surface area contributed by atoms with Crippen molar-refractivity contribution >= 4 is 25.8 Å². The molecule has 1 aliphatic carbocycles. The minimum atomic E-state index is -3.90. The van der Waals surface area contributed by atoms with Crippen LogP contribution in [-0.2, 0) is 35.8 Å². The third-order valence-corrected chi connectivity index (χ3v) is 15.1. The maximum absolute atomic E-state index is 14.1. The second-order valence-electron chi connectivity index (χ2n) is 14.5. The van der Waals surface area contributed by atoms with Crippen molar-refractivity contribution in [1.29, 1.82) is 0 Å². The zero-order chi connectivity index (χ0) is 38.6. The minimum Gasteiger partial charge on any atom is -0.492 e. The minimum absolute atomic E-state index is 0.0393. The van der Waals surface area contributed by atoms with Crippen LogP contribution in [0.15, 0.2) is 76.5 Å². The molecule has 4 N–H and O–H groups in total. The van der Waals surface area contributed by atoms with E-state index in [1.54, 1.807) is 24.3 Å². The van der Waals surface area contributed by atoms with Gasteiger partial charge in [-0.25, -0.2) is 16.8 Å². The molecular formula is C39H51N3O10S2. The number of aliphatic hydroxyl groups excluding tert-OH is 2. The highest BCUT2D eigenvalue weighted by Gasteiger charge is 2.54. The van der Waals surface area contributed by atoms with Crippen molar-refractivity contribution in [3.63, 3.8) is 0 Å². The number of carbonyl (C=O) groups excluding carboxylic acids is 1. The largest absolute Gasteiger partial charge is 0.492 e. The molecule has 0 unspecified atom stereocenters. The molecule has 2 atom stereocenters. The number of rotatable bonds is 17. The Labute approximate surface area is 318 Å². The predicted octanol–water partition coefficient (Wildman–Crippen LogP) is 3.07. The molecule has 15 heteroatoms. The van der Waals surface area contributed by atoms with Gasteiger partial charge in [-0.2, -0.15) is 4.31 Å². The molecule has 1 saturated carbocycles. The van der Waals surface area contributed by atoms with Crippen LogP contribution in [-0.4, -0.2) is 112 Å². The number of amides is 1. The fourth-order valence-corrected chi connectivity index (χ4v) is 10.6. The quantitative estimate of drug-likeness (QED) is 0.158. The molecular weight excluding hydrogens is 735 g/mol. The fourth-order valence-electron chi connectivity index (χ4n) is 7.19. The first kappa shape index (κ1) is 40.1. The standard InChI is InChI=1S/C39H51N3O10S2/c1-3-50-36-12-11-31(30-9-7-29(8-10-30)13-18-40-28(2)44)21-37(36)54(48,49)42-19-16-38(17-20-42)23-32(25-52-38)41-24-33(45)26-51-34-5-4-6-35(22-34)53(46,47)39(27-43)14-15-39/h4-12,21-22,32-33,41,43,45H,3,13-20,23-27H2,1-2H3,(H,40,44)/t32-,33-/m0/s1. The molecule has 3 aliphatic rings. The Balaban J connectivity index is 1.01. The van der Waals surface area contributed by atoms with Crippen LogP contribution in [0.5, 0.6) is 11.5 Å². The topological polar surface area (TPSA) is 181 Å². The van der Waals surface area contributed by atoms with E-state index < -0.39 is 42.9 Å². The molecule has 2 heterocycles. The molecule has 3 fully saturated rings. The van der Waals surface area contributed by atoms with Gasteiger partial charge in [0.05, 0.1) is 35.1 Å². The normalized spacial score (nSPS) is 20.0. The van der Waals surface area contributed by atoms with Gasteiger partial charge < -0.3 is 35.1 Å². The summed E-state index contributed by atoms with van der Waals surface area (Å²) in [5.74, 6) is 0.554. The zero-order valence-electron chi connectivity index (χ0n) is 30.8. The van der Waals surface area contributed by atoms with E-state index in [1.165, 1.54) is 23.4 Å². The Morgan fingerprint density at radius 2 is 1.70 bits per heavy atom. The lowest BCUT2D eigenvalue weighted by atomic mass is 9.88. The van der Waals surface area contributed by atoms with Crippen LogP contribution in [0.4, 0.5) is 0 Å². The van der Waals surface area contributed by atoms with E-state index >= 15 is 0 Å². The van der Waals surface area contributed by atoms with E-state index in [4.69, 9.17) is 14.2 Å². The van der Waals surface area contributed by atoms with Crippen LogP contribution in [0.3, 0.4) is 0 Å². The Bertz CT molecular complexity index is 1990. The Morgan fingerprint density at radius 3 is 2.37 bits per heavy atom. The van der Waals surface area contributed by atoms with Crippen LogP contribution in [0, 0.1) is 0 Å². The number of hydrogen-bond acceptors (Lipinski definition) is 11. The van der Waals surface area contributed by atoms with Gasteiger partial charge in [0.25, 0.3) is 0 Å². The number of aliphatic hydroxyl groups is 2. The van der Waals surface area contributed by atoms with Gasteiger partial charge >= 0.3 is 0 Å². The van der Waals surface area contributed by atoms with Gasteiger partial charge in [0.2, 0.25) is 15.9 Å². The molecule has 2 saturated heterocycles. The van der Waals surface area contributed by atoms with Crippen LogP contribution >= 0.6 is 0 Å². The zero-order valence-corrected chi connectivity index (χ0v) is 32.5. The average Bonchev–Trinajstić information content (AvgIpc) is 3.89. The Kier molecular flexibility index (Phi) is 12.4. The first-order chi connectivity index (χ1) is 25.8. The van der Waals surface area contributed by atoms with Gasteiger partial charge in [-0.1, -0.05) is 36.4 Å². The smallest absolute Gasteiger partial charge is 0.246 e. The van der Waals surface area contributed by atoms with Gasteiger partial charge in [0, 0.05) is 39.1 Å². The lowest BCUT2D eigenvalue weighted by Gasteiger charge is -2.38. The van der Waals surface area contributed by atoms with E-state index in [-0.39, 0.29) is 34.9 Å². The SMILES string of the molecule is CCOc1ccc(-c2ccc(CCNC(C)=O)cc2)cc1S(=O)(=O)N1CCC2(CC1)C[C@H](NC[C@H](O)COc1cccc(S(=O)(=O)C3(CO)CC3)c1)CO2. The predicted molar refractivity (Wildman–Crippen MR) is 203 cm³/mol. The number of nitrogens with zero attached hydrogens (tertiary/aromatic N) is 1. The summed E-state index contributed by atoms with van der Waals surface area (Å²) in [4.78, 5) is 11.4. The number of hydrogen-bond donors (Lipinski definition) is 4.